The second-order valence-corrected chi connectivity index (χ2v) is 14.1. The topological polar surface area (TPSA) is 61.0 Å². The summed E-state index contributed by atoms with van der Waals surface area (Å²) in [5, 5.41) is 4.96. The van der Waals surface area contributed by atoms with E-state index in [9.17, 15) is 4.79 Å². The second kappa shape index (κ2) is 13.3. The minimum Gasteiger partial charge on any atom is -0.354 e. The highest BCUT2D eigenvalue weighted by Crippen LogP contribution is 2.38. The number of rotatable bonds is 11. The van der Waals surface area contributed by atoms with Crippen molar-refractivity contribution in [3.63, 3.8) is 0 Å². The van der Waals surface area contributed by atoms with Gasteiger partial charge in [0.15, 0.2) is 0 Å². The van der Waals surface area contributed by atoms with Crippen molar-refractivity contribution in [3.05, 3.63) is 88.7 Å². The van der Waals surface area contributed by atoms with Gasteiger partial charge in [-0.25, -0.2) is 0 Å². The van der Waals surface area contributed by atoms with Gasteiger partial charge in [-0.15, -0.1) is 0 Å². The third-order valence-corrected chi connectivity index (χ3v) is 10.3. The highest BCUT2D eigenvalue weighted by atomic mass is 16.2. The first-order valence-corrected chi connectivity index (χ1v) is 16.9. The molecule has 0 spiro atoms. The first-order chi connectivity index (χ1) is 21.3. The predicted molar refractivity (Wildman–Crippen MR) is 182 cm³/mol. The number of hydrogen-bond donors (Lipinski definition) is 2. The monoisotopic (exact) mass is 590 g/mol. The van der Waals surface area contributed by atoms with E-state index < -0.39 is 5.41 Å². The number of benzene rings is 2. The average molecular weight is 591 g/mol. The number of amides is 1. The maximum atomic E-state index is 14.1. The number of aromatic nitrogens is 2. The standard InChI is InChI=1S/C39H50N4O/c1-27-21-28(2)23-32(22-27)37-34(16-20-40-17-6-5-7-29-14-18-41-19-15-29)35-24-33(12-13-36(35)42-37)39(3,4)38(44)43-25-30-8-9-31(26-43)11-10-30/h12-15,18-19,21-24,30-31,40,42H,5-11,16-17,20,25-26H2,1-4H3. The Balaban J connectivity index is 1.22. The Labute approximate surface area is 263 Å². The third kappa shape index (κ3) is 6.78. The van der Waals surface area contributed by atoms with Gasteiger partial charge in [-0.3, -0.25) is 9.78 Å². The second-order valence-electron chi connectivity index (χ2n) is 14.1. The SMILES string of the molecule is Cc1cc(C)cc(-c2[nH]c3ccc(C(C)(C)C(=O)N4CC5CCC(CC5)C4)cc3c2CCNCCCCc2ccncc2)c1. The molecule has 5 nitrogen and oxygen atoms in total. The molecule has 2 bridgehead atoms. The summed E-state index contributed by atoms with van der Waals surface area (Å²) in [6.45, 7) is 12.4. The number of aryl methyl sites for hydroxylation is 3. The molecule has 7 rings (SSSR count). The van der Waals surface area contributed by atoms with Crippen LogP contribution in [0, 0.1) is 25.7 Å². The third-order valence-electron chi connectivity index (χ3n) is 10.3. The van der Waals surface area contributed by atoms with E-state index in [4.69, 9.17) is 0 Å². The van der Waals surface area contributed by atoms with E-state index in [-0.39, 0.29) is 5.91 Å². The van der Waals surface area contributed by atoms with Crippen LogP contribution < -0.4 is 5.32 Å². The van der Waals surface area contributed by atoms with Crippen molar-refractivity contribution in [2.24, 2.45) is 11.8 Å². The first kappa shape index (κ1) is 30.6. The fourth-order valence-electron chi connectivity index (χ4n) is 7.71. The summed E-state index contributed by atoms with van der Waals surface area (Å²) in [5.74, 6) is 1.64. The molecule has 3 fully saturated rings. The first-order valence-electron chi connectivity index (χ1n) is 16.9. The molecule has 2 aliphatic heterocycles. The zero-order valence-electron chi connectivity index (χ0n) is 27.2. The van der Waals surface area contributed by atoms with E-state index in [2.05, 4.69) is 96.4 Å². The van der Waals surface area contributed by atoms with Gasteiger partial charge >= 0.3 is 0 Å². The highest BCUT2D eigenvalue weighted by Gasteiger charge is 2.39. The molecule has 0 atom stereocenters. The normalized spacial score (nSPS) is 18.6. The van der Waals surface area contributed by atoms with Crippen LogP contribution in [0.3, 0.4) is 0 Å². The molecule has 0 unspecified atom stereocenters. The number of nitrogens with zero attached hydrogens (tertiary/aromatic N) is 2. The molecule has 4 aromatic rings. The minimum absolute atomic E-state index is 0.288. The van der Waals surface area contributed by atoms with Crippen LogP contribution in [-0.2, 0) is 23.1 Å². The van der Waals surface area contributed by atoms with Crippen molar-refractivity contribution in [3.8, 4) is 11.3 Å². The lowest BCUT2D eigenvalue weighted by Crippen LogP contribution is -2.45. The van der Waals surface area contributed by atoms with Gasteiger partial charge < -0.3 is 15.2 Å². The quantitative estimate of drug-likeness (QED) is 0.174. The fourth-order valence-corrected chi connectivity index (χ4v) is 7.71. The van der Waals surface area contributed by atoms with Crippen LogP contribution in [-0.4, -0.2) is 47.0 Å². The number of nitrogens with one attached hydrogen (secondary N) is 2. The lowest BCUT2D eigenvalue weighted by molar-refractivity contribution is -0.136. The van der Waals surface area contributed by atoms with Gasteiger partial charge in [0.05, 0.1) is 5.41 Å². The van der Waals surface area contributed by atoms with Crippen molar-refractivity contribution in [1.29, 1.82) is 0 Å². The average Bonchev–Trinajstić information content (AvgIpc) is 3.13. The summed E-state index contributed by atoms with van der Waals surface area (Å²) in [6, 6.07) is 17.7. The summed E-state index contributed by atoms with van der Waals surface area (Å²) in [5.41, 5.74) is 9.38. The molecule has 1 aliphatic carbocycles. The van der Waals surface area contributed by atoms with Crippen LogP contribution in [0.1, 0.15) is 80.2 Å². The lowest BCUT2D eigenvalue weighted by Gasteiger charge is -2.33. The van der Waals surface area contributed by atoms with E-state index in [0.717, 1.165) is 56.5 Å². The summed E-state index contributed by atoms with van der Waals surface area (Å²) in [6.07, 6.45) is 13.2. The Kier molecular flexibility index (Phi) is 9.23. The Morgan fingerprint density at radius 3 is 2.25 bits per heavy atom. The number of carbonyl (C=O) groups is 1. The Morgan fingerprint density at radius 1 is 0.886 bits per heavy atom. The summed E-state index contributed by atoms with van der Waals surface area (Å²) >= 11 is 0. The zero-order chi connectivity index (χ0) is 30.7. The van der Waals surface area contributed by atoms with Crippen LogP contribution in [0.5, 0.6) is 0 Å². The van der Waals surface area contributed by atoms with Crippen molar-refractivity contribution in [1.82, 2.24) is 20.2 Å². The van der Waals surface area contributed by atoms with Crippen molar-refractivity contribution >= 4 is 16.8 Å². The Hall–Kier alpha value is -3.44. The molecule has 5 heteroatoms. The molecule has 1 saturated carbocycles. The number of carbonyl (C=O) groups excluding carboxylic acids is 1. The van der Waals surface area contributed by atoms with Crippen LogP contribution in [0.4, 0.5) is 0 Å². The molecular formula is C39H50N4O. The largest absolute Gasteiger partial charge is 0.354 e. The molecule has 2 N–H and O–H groups in total. The Morgan fingerprint density at radius 2 is 1.57 bits per heavy atom. The van der Waals surface area contributed by atoms with Gasteiger partial charge in [-0.2, -0.15) is 0 Å². The minimum atomic E-state index is -0.570. The van der Waals surface area contributed by atoms with E-state index in [1.54, 1.807) is 0 Å². The molecule has 0 radical (unpaired) electrons. The lowest BCUT2D eigenvalue weighted by atomic mass is 9.82. The number of H-pyrrole nitrogens is 1. The van der Waals surface area contributed by atoms with E-state index in [0.29, 0.717) is 11.8 Å². The van der Waals surface area contributed by atoms with Crippen LogP contribution in [0.15, 0.2) is 60.9 Å². The molecule has 2 aromatic carbocycles. The van der Waals surface area contributed by atoms with E-state index in [1.165, 1.54) is 71.0 Å². The van der Waals surface area contributed by atoms with Gasteiger partial charge in [-0.1, -0.05) is 23.3 Å². The molecule has 44 heavy (non-hydrogen) atoms. The summed E-state index contributed by atoms with van der Waals surface area (Å²) in [7, 11) is 0. The molecule has 2 saturated heterocycles. The van der Waals surface area contributed by atoms with E-state index >= 15 is 0 Å². The predicted octanol–water partition coefficient (Wildman–Crippen LogP) is 7.93. The van der Waals surface area contributed by atoms with Crippen molar-refractivity contribution in [2.45, 2.75) is 84.5 Å². The smallest absolute Gasteiger partial charge is 0.232 e. The molecule has 1 amide bonds. The van der Waals surface area contributed by atoms with Gasteiger partial charge in [0.2, 0.25) is 5.91 Å². The molecule has 3 aliphatic rings. The molecular weight excluding hydrogens is 540 g/mol. The van der Waals surface area contributed by atoms with Gasteiger partial charge in [0, 0.05) is 42.1 Å². The van der Waals surface area contributed by atoms with Gasteiger partial charge in [0.25, 0.3) is 0 Å². The number of unbranched alkanes of at least 4 members (excludes halogenated alkanes) is 1. The van der Waals surface area contributed by atoms with Crippen molar-refractivity contribution < 1.29 is 4.79 Å². The summed E-state index contributed by atoms with van der Waals surface area (Å²) in [4.78, 5) is 24.2. The van der Waals surface area contributed by atoms with Crippen LogP contribution in [0.2, 0.25) is 0 Å². The molecule has 4 heterocycles. The van der Waals surface area contributed by atoms with Crippen LogP contribution >= 0.6 is 0 Å². The van der Waals surface area contributed by atoms with Gasteiger partial charge in [-0.05, 0) is 163 Å². The highest BCUT2D eigenvalue weighted by molar-refractivity contribution is 5.94. The zero-order valence-corrected chi connectivity index (χ0v) is 27.2. The van der Waals surface area contributed by atoms with E-state index in [1.807, 2.05) is 12.4 Å². The number of hydrogen-bond acceptors (Lipinski definition) is 3. The number of aromatic amines is 1. The van der Waals surface area contributed by atoms with Crippen molar-refractivity contribution in [2.75, 3.05) is 26.2 Å². The Bertz CT molecular complexity index is 1540. The number of pyridine rings is 1. The number of fused-ring (bicyclic) bond motifs is 5. The van der Waals surface area contributed by atoms with Gasteiger partial charge in [0.1, 0.15) is 0 Å². The fraction of sp³-hybridized carbons (Fsp3) is 0.487. The maximum absolute atomic E-state index is 14.1. The maximum Gasteiger partial charge on any atom is 0.232 e. The molecule has 2 aromatic heterocycles. The van der Waals surface area contributed by atoms with Crippen LogP contribution in [0.25, 0.3) is 22.2 Å². The summed E-state index contributed by atoms with van der Waals surface area (Å²) < 4.78 is 0. The molecule has 232 valence electrons.